The zero-order chi connectivity index (χ0) is 18.5. The number of hydrogen-bond acceptors (Lipinski definition) is 7. The van der Waals surface area contributed by atoms with E-state index in [-0.39, 0.29) is 12.5 Å². The predicted octanol–water partition coefficient (Wildman–Crippen LogP) is 2.56. The van der Waals surface area contributed by atoms with Crippen LogP contribution in [0.1, 0.15) is 21.8 Å². The first-order valence-corrected chi connectivity index (χ1v) is 9.69. The van der Waals surface area contributed by atoms with E-state index in [4.69, 9.17) is 9.26 Å². The molecule has 1 aliphatic rings. The highest BCUT2D eigenvalue weighted by Crippen LogP contribution is 2.21. The molecule has 0 saturated carbocycles. The maximum absolute atomic E-state index is 12.3. The Hall–Kier alpha value is -2.55. The summed E-state index contributed by atoms with van der Waals surface area (Å²) in [5.74, 6) is 0.765. The molecule has 0 bridgehead atoms. The van der Waals surface area contributed by atoms with E-state index in [2.05, 4.69) is 20.4 Å². The lowest BCUT2D eigenvalue weighted by atomic mass is 10.1. The number of benzene rings is 1. The van der Waals surface area contributed by atoms with Gasteiger partial charge in [0.1, 0.15) is 0 Å². The van der Waals surface area contributed by atoms with Crippen molar-refractivity contribution in [1.82, 2.24) is 20.4 Å². The minimum atomic E-state index is -0.163. The molecule has 0 radical (unpaired) electrons. The van der Waals surface area contributed by atoms with Crippen molar-refractivity contribution in [2.45, 2.75) is 13.1 Å². The Morgan fingerprint density at radius 1 is 1.19 bits per heavy atom. The Morgan fingerprint density at radius 3 is 2.74 bits per heavy atom. The second kappa shape index (κ2) is 8.43. The fourth-order valence-corrected chi connectivity index (χ4v) is 3.52. The van der Waals surface area contributed by atoms with Crippen LogP contribution in [0.4, 0.5) is 0 Å². The third-order valence-electron chi connectivity index (χ3n) is 4.34. The molecule has 27 heavy (non-hydrogen) atoms. The molecule has 3 heterocycles. The first kappa shape index (κ1) is 17.8. The van der Waals surface area contributed by atoms with E-state index < -0.39 is 0 Å². The fourth-order valence-electron chi connectivity index (χ4n) is 2.87. The summed E-state index contributed by atoms with van der Waals surface area (Å²) in [7, 11) is 0. The summed E-state index contributed by atoms with van der Waals surface area (Å²) in [6.07, 6.45) is 0. The van der Waals surface area contributed by atoms with E-state index in [0.717, 1.165) is 37.7 Å². The van der Waals surface area contributed by atoms with E-state index in [0.29, 0.717) is 17.3 Å². The molecule has 0 aliphatic carbocycles. The first-order chi connectivity index (χ1) is 13.3. The topological polar surface area (TPSA) is 80.5 Å². The summed E-state index contributed by atoms with van der Waals surface area (Å²) < 4.78 is 10.6. The van der Waals surface area contributed by atoms with Gasteiger partial charge in [-0.3, -0.25) is 9.69 Å². The number of thiophene rings is 1. The van der Waals surface area contributed by atoms with Crippen LogP contribution in [-0.2, 0) is 17.8 Å². The molecule has 7 nitrogen and oxygen atoms in total. The number of morpholine rings is 1. The van der Waals surface area contributed by atoms with Crippen molar-refractivity contribution in [2.75, 3.05) is 26.3 Å². The molecule has 0 atom stereocenters. The number of ether oxygens (including phenoxy) is 1. The Bertz CT molecular complexity index is 871. The maximum Gasteiger partial charge on any atom is 0.251 e. The highest BCUT2D eigenvalue weighted by Gasteiger charge is 2.13. The highest BCUT2D eigenvalue weighted by atomic mass is 32.1. The van der Waals surface area contributed by atoms with Crippen molar-refractivity contribution >= 4 is 17.2 Å². The first-order valence-electron chi connectivity index (χ1n) is 8.81. The van der Waals surface area contributed by atoms with Crippen molar-refractivity contribution < 1.29 is 14.1 Å². The molecule has 4 rings (SSSR count). The predicted molar refractivity (Wildman–Crippen MR) is 101 cm³/mol. The van der Waals surface area contributed by atoms with Crippen LogP contribution in [0.15, 0.2) is 46.3 Å². The van der Waals surface area contributed by atoms with Gasteiger partial charge in [-0.25, -0.2) is 0 Å². The lowest BCUT2D eigenvalue weighted by Crippen LogP contribution is -2.35. The Labute approximate surface area is 161 Å². The standard InChI is InChI=1S/C19H20N4O3S/c24-19(20-12-17-21-18(22-26-17)16-2-1-11-27-16)15-5-3-14(4-6-15)13-23-7-9-25-10-8-23/h1-6,11H,7-10,12-13H2,(H,20,24). The molecule has 0 spiro atoms. The van der Waals surface area contributed by atoms with E-state index in [9.17, 15) is 4.79 Å². The number of rotatable bonds is 6. The van der Waals surface area contributed by atoms with Gasteiger partial charge in [0.15, 0.2) is 0 Å². The van der Waals surface area contributed by atoms with E-state index in [1.165, 1.54) is 5.56 Å². The lowest BCUT2D eigenvalue weighted by molar-refractivity contribution is 0.0342. The summed E-state index contributed by atoms with van der Waals surface area (Å²) in [5.41, 5.74) is 1.80. The van der Waals surface area contributed by atoms with Crippen LogP contribution in [0.5, 0.6) is 0 Å². The molecule has 2 aromatic heterocycles. The Kier molecular flexibility index (Phi) is 5.57. The van der Waals surface area contributed by atoms with Crippen molar-refractivity contribution in [1.29, 1.82) is 0 Å². The fraction of sp³-hybridized carbons (Fsp3) is 0.316. The zero-order valence-corrected chi connectivity index (χ0v) is 15.6. The Morgan fingerprint density at radius 2 is 2.00 bits per heavy atom. The largest absolute Gasteiger partial charge is 0.379 e. The minimum absolute atomic E-state index is 0.163. The van der Waals surface area contributed by atoms with Crippen molar-refractivity contribution in [3.05, 3.63) is 58.8 Å². The van der Waals surface area contributed by atoms with Gasteiger partial charge in [-0.1, -0.05) is 23.4 Å². The van der Waals surface area contributed by atoms with Crippen molar-refractivity contribution in [3.63, 3.8) is 0 Å². The molecule has 1 amide bonds. The van der Waals surface area contributed by atoms with E-state index >= 15 is 0 Å². The smallest absolute Gasteiger partial charge is 0.251 e. The number of amides is 1. The molecule has 3 aromatic rings. The van der Waals surface area contributed by atoms with Crippen LogP contribution in [0.25, 0.3) is 10.7 Å². The molecule has 1 aromatic carbocycles. The van der Waals surface area contributed by atoms with Gasteiger partial charge in [0.05, 0.1) is 24.6 Å². The molecule has 0 unspecified atom stereocenters. The third kappa shape index (κ3) is 4.60. The minimum Gasteiger partial charge on any atom is -0.379 e. The van der Waals surface area contributed by atoms with Crippen LogP contribution in [0.3, 0.4) is 0 Å². The molecule has 1 N–H and O–H groups in total. The maximum atomic E-state index is 12.3. The summed E-state index contributed by atoms with van der Waals surface area (Å²) in [6.45, 7) is 4.53. The Balaban J connectivity index is 1.30. The normalized spacial score (nSPS) is 15.0. The van der Waals surface area contributed by atoms with E-state index in [1.807, 2.05) is 41.8 Å². The van der Waals surface area contributed by atoms with Gasteiger partial charge in [-0.2, -0.15) is 4.98 Å². The van der Waals surface area contributed by atoms with Gasteiger partial charge in [0.25, 0.3) is 5.91 Å². The average Bonchev–Trinajstić information content (AvgIpc) is 3.39. The lowest BCUT2D eigenvalue weighted by Gasteiger charge is -2.26. The zero-order valence-electron chi connectivity index (χ0n) is 14.8. The monoisotopic (exact) mass is 384 g/mol. The SMILES string of the molecule is O=C(NCc1nc(-c2cccs2)no1)c1ccc(CN2CCOCC2)cc1. The quantitative estimate of drug-likeness (QED) is 0.704. The number of nitrogens with one attached hydrogen (secondary N) is 1. The van der Waals surface area contributed by atoms with Gasteiger partial charge >= 0.3 is 0 Å². The van der Waals surface area contributed by atoms with Gasteiger partial charge in [-0.05, 0) is 29.1 Å². The van der Waals surface area contributed by atoms with Crippen LogP contribution in [0, 0.1) is 0 Å². The summed E-state index contributed by atoms with van der Waals surface area (Å²) in [5, 5.41) is 8.71. The van der Waals surface area contributed by atoms with Gasteiger partial charge in [-0.15, -0.1) is 11.3 Å². The molecule has 1 fully saturated rings. The second-order valence-corrected chi connectivity index (χ2v) is 7.20. The van der Waals surface area contributed by atoms with Gasteiger partial charge in [0.2, 0.25) is 11.7 Å². The highest BCUT2D eigenvalue weighted by molar-refractivity contribution is 7.13. The molecule has 1 saturated heterocycles. The van der Waals surface area contributed by atoms with Crippen LogP contribution in [-0.4, -0.2) is 47.3 Å². The van der Waals surface area contributed by atoms with Crippen LogP contribution in [0.2, 0.25) is 0 Å². The molecule has 140 valence electrons. The summed E-state index contributed by atoms with van der Waals surface area (Å²) >= 11 is 1.54. The van der Waals surface area contributed by atoms with Crippen LogP contribution >= 0.6 is 11.3 Å². The van der Waals surface area contributed by atoms with Crippen molar-refractivity contribution in [3.8, 4) is 10.7 Å². The molecular weight excluding hydrogens is 364 g/mol. The summed E-state index contributed by atoms with van der Waals surface area (Å²) in [4.78, 5) is 19.9. The molecular formula is C19H20N4O3S. The van der Waals surface area contributed by atoms with Gasteiger partial charge in [0, 0.05) is 25.2 Å². The number of aromatic nitrogens is 2. The number of nitrogens with zero attached hydrogens (tertiary/aromatic N) is 3. The molecule has 8 heteroatoms. The molecule has 1 aliphatic heterocycles. The number of carbonyl (C=O) groups excluding carboxylic acids is 1. The number of hydrogen-bond donors (Lipinski definition) is 1. The van der Waals surface area contributed by atoms with Crippen molar-refractivity contribution in [2.24, 2.45) is 0 Å². The van der Waals surface area contributed by atoms with E-state index in [1.54, 1.807) is 11.3 Å². The van der Waals surface area contributed by atoms with Gasteiger partial charge < -0.3 is 14.6 Å². The summed E-state index contributed by atoms with van der Waals surface area (Å²) in [6, 6.07) is 11.5. The van der Waals surface area contributed by atoms with Crippen LogP contribution < -0.4 is 5.32 Å². The number of carbonyl (C=O) groups is 1. The third-order valence-corrected chi connectivity index (χ3v) is 5.20. The second-order valence-electron chi connectivity index (χ2n) is 6.26. The average molecular weight is 384 g/mol.